The Bertz CT molecular complexity index is 750. The van der Waals surface area contributed by atoms with Gasteiger partial charge in [0.2, 0.25) is 0 Å². The van der Waals surface area contributed by atoms with E-state index in [4.69, 9.17) is 4.74 Å². The third-order valence-electron chi connectivity index (χ3n) is 6.13. The number of piperidine rings is 1. The minimum Gasteiger partial charge on any atom is -0.380 e. The van der Waals surface area contributed by atoms with Gasteiger partial charge in [-0.2, -0.15) is 5.26 Å². The van der Waals surface area contributed by atoms with Gasteiger partial charge >= 0.3 is 0 Å². The van der Waals surface area contributed by atoms with E-state index < -0.39 is 0 Å². The topological polar surface area (TPSA) is 81.2 Å². The quantitative estimate of drug-likeness (QED) is 0.876. The van der Waals surface area contributed by atoms with Crippen LogP contribution >= 0.6 is 0 Å². The van der Waals surface area contributed by atoms with Gasteiger partial charge in [0.25, 0.3) is 5.56 Å². The van der Waals surface area contributed by atoms with Crippen molar-refractivity contribution in [2.75, 3.05) is 37.7 Å². The molecule has 0 amide bonds. The second-order valence-electron chi connectivity index (χ2n) is 7.78. The molecule has 1 spiro atoms. The van der Waals surface area contributed by atoms with E-state index in [-0.39, 0.29) is 11.1 Å². The summed E-state index contributed by atoms with van der Waals surface area (Å²) >= 11 is 0. The average molecular weight is 342 g/mol. The van der Waals surface area contributed by atoms with Gasteiger partial charge < -0.3 is 19.9 Å². The maximum Gasteiger partial charge on any atom is 0.268 e. The van der Waals surface area contributed by atoms with Crippen molar-refractivity contribution < 1.29 is 4.74 Å². The fourth-order valence-electron chi connectivity index (χ4n) is 4.58. The Morgan fingerprint density at radius 3 is 2.72 bits per heavy atom. The van der Waals surface area contributed by atoms with Crippen molar-refractivity contribution in [3.05, 3.63) is 27.2 Å². The summed E-state index contributed by atoms with van der Waals surface area (Å²) in [7, 11) is 0. The van der Waals surface area contributed by atoms with Crippen LogP contribution in [0.15, 0.2) is 4.79 Å². The van der Waals surface area contributed by atoms with E-state index in [0.717, 1.165) is 82.0 Å². The van der Waals surface area contributed by atoms with Crippen molar-refractivity contribution in [3.8, 4) is 6.07 Å². The average Bonchev–Trinajstić information content (AvgIpc) is 2.60. The predicted octanol–water partition coefficient (Wildman–Crippen LogP) is 1.85. The second-order valence-corrected chi connectivity index (χ2v) is 7.78. The van der Waals surface area contributed by atoms with E-state index in [2.05, 4.69) is 28.2 Å². The number of nitrogens with zero attached hydrogens (tertiary/aromatic N) is 2. The molecule has 3 aliphatic heterocycles. The van der Waals surface area contributed by atoms with Crippen molar-refractivity contribution in [2.45, 2.75) is 45.1 Å². The van der Waals surface area contributed by atoms with E-state index in [1.54, 1.807) is 0 Å². The number of H-pyrrole nitrogens is 1. The summed E-state index contributed by atoms with van der Waals surface area (Å²) < 4.78 is 5.42. The molecular formula is C19H26N4O2. The first kappa shape index (κ1) is 16.6. The number of hydrogen-bond acceptors (Lipinski definition) is 5. The van der Waals surface area contributed by atoms with Crippen LogP contribution in [0.5, 0.6) is 0 Å². The van der Waals surface area contributed by atoms with Crippen molar-refractivity contribution in [3.63, 3.8) is 0 Å². The number of aromatic nitrogens is 1. The second kappa shape index (κ2) is 6.47. The summed E-state index contributed by atoms with van der Waals surface area (Å²) in [5, 5.41) is 13.1. The van der Waals surface area contributed by atoms with Gasteiger partial charge in [0.1, 0.15) is 11.6 Å². The first-order valence-corrected chi connectivity index (χ1v) is 9.40. The van der Waals surface area contributed by atoms with Crippen molar-refractivity contribution in [1.82, 2.24) is 10.3 Å². The molecule has 0 radical (unpaired) electrons. The van der Waals surface area contributed by atoms with Crippen LogP contribution in [0.4, 0.5) is 5.69 Å². The first-order valence-electron chi connectivity index (χ1n) is 9.40. The monoisotopic (exact) mass is 342 g/mol. The number of nitriles is 1. The van der Waals surface area contributed by atoms with Crippen LogP contribution in [0.1, 0.15) is 55.3 Å². The summed E-state index contributed by atoms with van der Waals surface area (Å²) in [5.74, 6) is 0.323. The van der Waals surface area contributed by atoms with Crippen LogP contribution in [0.3, 0.4) is 0 Å². The number of rotatable bonds is 3. The van der Waals surface area contributed by atoms with Gasteiger partial charge in [0.05, 0.1) is 18.9 Å². The minimum atomic E-state index is -0.230. The predicted molar refractivity (Wildman–Crippen MR) is 95.8 cm³/mol. The Labute approximate surface area is 148 Å². The van der Waals surface area contributed by atoms with Gasteiger partial charge in [0, 0.05) is 48.8 Å². The number of ether oxygens (including phenoxy) is 1. The zero-order chi connectivity index (χ0) is 17.4. The first-order chi connectivity index (χ1) is 12.2. The van der Waals surface area contributed by atoms with Crippen LogP contribution in [-0.4, -0.2) is 37.8 Å². The maximum absolute atomic E-state index is 12.6. The molecule has 1 aromatic rings. The lowest BCUT2D eigenvalue weighted by Gasteiger charge is -2.48. The Morgan fingerprint density at radius 2 is 2.12 bits per heavy atom. The number of hydrogen-bond donors (Lipinski definition) is 2. The Balaban J connectivity index is 1.73. The molecule has 6 heteroatoms. The molecule has 4 rings (SSSR count). The van der Waals surface area contributed by atoms with Gasteiger partial charge in [-0.25, -0.2) is 0 Å². The standard InChI is InChI=1S/C19H26N4O2/c1-2-3-13-9-21-10-15-16(13)22-18(24)14(8-20)17(15)23-6-4-19(5-7-23)11-25-12-19/h13,21H,2-7,9-12H2,1H3,(H,22,24). The number of pyridine rings is 1. The van der Waals surface area contributed by atoms with Crippen molar-refractivity contribution >= 4 is 5.69 Å². The maximum atomic E-state index is 12.6. The minimum absolute atomic E-state index is 0.230. The summed E-state index contributed by atoms with van der Waals surface area (Å²) in [6.45, 7) is 7.29. The number of fused-ring (bicyclic) bond motifs is 1. The van der Waals surface area contributed by atoms with Gasteiger partial charge in [-0.3, -0.25) is 4.79 Å². The van der Waals surface area contributed by atoms with Crippen LogP contribution < -0.4 is 15.8 Å². The molecule has 0 saturated carbocycles. The van der Waals surface area contributed by atoms with E-state index in [1.807, 2.05) is 0 Å². The summed E-state index contributed by atoms with van der Waals surface area (Å²) in [5.41, 5.74) is 3.44. The SMILES string of the molecule is CCCC1CNCc2c1[nH]c(=O)c(C#N)c2N1CCC2(CC1)COC2. The van der Waals surface area contributed by atoms with Gasteiger partial charge in [-0.15, -0.1) is 0 Å². The van der Waals surface area contributed by atoms with E-state index in [1.165, 1.54) is 0 Å². The highest BCUT2D eigenvalue weighted by atomic mass is 16.5. The van der Waals surface area contributed by atoms with Gasteiger partial charge in [0.15, 0.2) is 0 Å². The number of anilines is 1. The molecule has 2 N–H and O–H groups in total. The highest BCUT2D eigenvalue weighted by Crippen LogP contribution is 2.41. The molecule has 4 heterocycles. The fourth-order valence-corrected chi connectivity index (χ4v) is 4.58. The highest BCUT2D eigenvalue weighted by molar-refractivity contribution is 5.66. The molecular weight excluding hydrogens is 316 g/mol. The Hall–Kier alpha value is -1.84. The summed E-state index contributed by atoms with van der Waals surface area (Å²) in [6.07, 6.45) is 4.27. The Kier molecular flexibility index (Phi) is 4.30. The summed E-state index contributed by atoms with van der Waals surface area (Å²) in [6, 6.07) is 2.17. The lowest BCUT2D eigenvalue weighted by Crippen LogP contribution is -2.51. The van der Waals surface area contributed by atoms with Crippen LogP contribution in [0.2, 0.25) is 0 Å². The van der Waals surface area contributed by atoms with Crippen LogP contribution in [-0.2, 0) is 11.3 Å². The van der Waals surface area contributed by atoms with Crippen molar-refractivity contribution in [1.29, 1.82) is 5.26 Å². The summed E-state index contributed by atoms with van der Waals surface area (Å²) in [4.78, 5) is 17.9. The normalized spacial score (nSPS) is 24.5. The molecule has 1 aromatic heterocycles. The molecule has 2 saturated heterocycles. The van der Waals surface area contributed by atoms with Gasteiger partial charge in [-0.05, 0) is 19.3 Å². The smallest absolute Gasteiger partial charge is 0.268 e. The molecule has 134 valence electrons. The molecule has 1 atom stereocenters. The molecule has 0 aliphatic carbocycles. The van der Waals surface area contributed by atoms with Gasteiger partial charge in [-0.1, -0.05) is 13.3 Å². The molecule has 1 unspecified atom stereocenters. The number of aromatic amines is 1. The third-order valence-corrected chi connectivity index (χ3v) is 6.13. The number of nitrogens with one attached hydrogen (secondary N) is 2. The lowest BCUT2D eigenvalue weighted by molar-refractivity contribution is -0.124. The van der Waals surface area contributed by atoms with E-state index >= 15 is 0 Å². The zero-order valence-corrected chi connectivity index (χ0v) is 14.9. The van der Waals surface area contributed by atoms with E-state index in [9.17, 15) is 10.1 Å². The molecule has 3 aliphatic rings. The molecule has 0 bridgehead atoms. The lowest BCUT2D eigenvalue weighted by atomic mass is 9.76. The van der Waals surface area contributed by atoms with Crippen molar-refractivity contribution in [2.24, 2.45) is 5.41 Å². The highest BCUT2D eigenvalue weighted by Gasteiger charge is 2.42. The molecule has 6 nitrogen and oxygen atoms in total. The molecule has 25 heavy (non-hydrogen) atoms. The molecule has 0 aromatic carbocycles. The van der Waals surface area contributed by atoms with Crippen LogP contribution in [0, 0.1) is 16.7 Å². The van der Waals surface area contributed by atoms with Crippen LogP contribution in [0.25, 0.3) is 0 Å². The molecule has 2 fully saturated rings. The largest absolute Gasteiger partial charge is 0.380 e. The third kappa shape index (κ3) is 2.76. The zero-order valence-electron chi connectivity index (χ0n) is 14.9. The van der Waals surface area contributed by atoms with E-state index in [0.29, 0.717) is 11.3 Å². The fraction of sp³-hybridized carbons (Fsp3) is 0.684. The Morgan fingerprint density at radius 1 is 1.36 bits per heavy atom.